The Morgan fingerprint density at radius 2 is 1.71 bits per heavy atom. The van der Waals surface area contributed by atoms with Crippen molar-refractivity contribution in [1.82, 2.24) is 19.7 Å². The number of para-hydroxylation sites is 1. The lowest BCUT2D eigenvalue weighted by atomic mass is 10.0. The Morgan fingerprint density at radius 3 is 2.49 bits per heavy atom. The van der Waals surface area contributed by atoms with Crippen molar-refractivity contribution in [2.24, 2.45) is 0 Å². The third kappa shape index (κ3) is 4.37. The average Bonchev–Trinajstić information content (AvgIpc) is 3.58. The van der Waals surface area contributed by atoms with Crippen molar-refractivity contribution in [3.05, 3.63) is 78.5 Å². The number of benzene rings is 3. The van der Waals surface area contributed by atoms with Crippen LogP contribution in [0.15, 0.2) is 78.0 Å². The second kappa shape index (κ2) is 9.68. The Hall–Kier alpha value is -3.42. The van der Waals surface area contributed by atoms with Crippen LogP contribution in [0.25, 0.3) is 33.1 Å². The van der Waals surface area contributed by atoms with E-state index in [0.717, 1.165) is 59.5 Å². The first-order valence-corrected chi connectivity index (χ1v) is 12.9. The zero-order chi connectivity index (χ0) is 23.6. The summed E-state index contributed by atoms with van der Waals surface area (Å²) in [6.07, 6.45) is 2.34. The van der Waals surface area contributed by atoms with Gasteiger partial charge in [-0.2, -0.15) is 0 Å². The second-order valence-electron chi connectivity index (χ2n) is 8.69. The Morgan fingerprint density at radius 1 is 0.943 bits per heavy atom. The predicted molar refractivity (Wildman–Crippen MR) is 140 cm³/mol. The van der Waals surface area contributed by atoms with Gasteiger partial charge in [-0.05, 0) is 48.6 Å². The molecule has 1 fully saturated rings. The van der Waals surface area contributed by atoms with E-state index in [1.807, 2.05) is 30.3 Å². The first kappa shape index (κ1) is 22.1. The Bertz CT molecular complexity index is 1480. The summed E-state index contributed by atoms with van der Waals surface area (Å²) in [7, 11) is 1.67. The molecule has 0 spiro atoms. The molecule has 0 N–H and O–H groups in total. The van der Waals surface area contributed by atoms with Crippen LogP contribution in [0.3, 0.4) is 0 Å². The molecule has 1 aliphatic rings. The molecule has 1 atom stereocenters. The van der Waals surface area contributed by atoms with Crippen LogP contribution >= 0.6 is 11.8 Å². The van der Waals surface area contributed by atoms with Crippen molar-refractivity contribution in [3.8, 4) is 17.1 Å². The van der Waals surface area contributed by atoms with E-state index in [0.29, 0.717) is 5.75 Å². The highest BCUT2D eigenvalue weighted by Crippen LogP contribution is 2.32. The minimum atomic E-state index is 0.182. The number of rotatable bonds is 7. The van der Waals surface area contributed by atoms with E-state index in [1.54, 1.807) is 18.9 Å². The fourth-order valence-electron chi connectivity index (χ4n) is 4.72. The highest BCUT2D eigenvalue weighted by molar-refractivity contribution is 7.98. The number of methoxy groups -OCH3 is 1. The van der Waals surface area contributed by atoms with Crippen molar-refractivity contribution in [1.29, 1.82) is 0 Å². The van der Waals surface area contributed by atoms with Gasteiger partial charge in [0.1, 0.15) is 5.75 Å². The second-order valence-corrected chi connectivity index (χ2v) is 9.63. The highest BCUT2D eigenvalue weighted by atomic mass is 32.2. The number of aromatic nitrogens is 4. The topological polar surface area (TPSA) is 62.1 Å². The summed E-state index contributed by atoms with van der Waals surface area (Å²) in [5, 5.41) is 13.7. The number of pyridine rings is 1. The maximum atomic E-state index is 5.96. The van der Waals surface area contributed by atoms with Gasteiger partial charge in [0.05, 0.1) is 31.0 Å². The minimum absolute atomic E-state index is 0.182. The van der Waals surface area contributed by atoms with Crippen molar-refractivity contribution in [2.75, 3.05) is 13.7 Å². The minimum Gasteiger partial charge on any atom is -0.497 e. The molecule has 3 aromatic carbocycles. The van der Waals surface area contributed by atoms with Gasteiger partial charge in [-0.15, -0.1) is 10.2 Å². The molecule has 176 valence electrons. The summed E-state index contributed by atoms with van der Waals surface area (Å²) in [5.74, 6) is 2.38. The zero-order valence-corrected chi connectivity index (χ0v) is 20.4. The molecule has 2 aromatic heterocycles. The number of fused-ring (bicyclic) bond motifs is 3. The molecule has 6 nitrogen and oxygen atoms in total. The highest BCUT2D eigenvalue weighted by Gasteiger charge is 2.22. The van der Waals surface area contributed by atoms with Gasteiger partial charge in [-0.1, -0.05) is 54.2 Å². The summed E-state index contributed by atoms with van der Waals surface area (Å²) >= 11 is 1.68. The van der Waals surface area contributed by atoms with E-state index in [9.17, 15) is 0 Å². The molecule has 6 rings (SSSR count). The average molecular weight is 483 g/mol. The molecule has 3 heterocycles. The maximum Gasteiger partial charge on any atom is 0.191 e. The molecule has 0 bridgehead atoms. The normalized spacial score (nSPS) is 15.7. The van der Waals surface area contributed by atoms with Gasteiger partial charge in [-0.25, -0.2) is 0 Å². The fourth-order valence-corrected chi connectivity index (χ4v) is 5.62. The zero-order valence-electron chi connectivity index (χ0n) is 19.6. The van der Waals surface area contributed by atoms with Crippen LogP contribution in [0.1, 0.15) is 18.5 Å². The van der Waals surface area contributed by atoms with Crippen LogP contribution < -0.4 is 4.74 Å². The van der Waals surface area contributed by atoms with Crippen molar-refractivity contribution in [3.63, 3.8) is 0 Å². The van der Waals surface area contributed by atoms with Crippen LogP contribution in [0, 0.1) is 0 Å². The van der Waals surface area contributed by atoms with Crippen LogP contribution in [-0.2, 0) is 17.0 Å². The van der Waals surface area contributed by atoms with E-state index in [2.05, 4.69) is 57.2 Å². The van der Waals surface area contributed by atoms with Crippen molar-refractivity contribution >= 4 is 33.4 Å². The maximum absolute atomic E-state index is 5.96. The number of hydrogen-bond donors (Lipinski definition) is 0. The first-order valence-electron chi connectivity index (χ1n) is 11.9. The van der Waals surface area contributed by atoms with Gasteiger partial charge >= 0.3 is 0 Å². The van der Waals surface area contributed by atoms with Gasteiger partial charge in [-0.3, -0.25) is 9.55 Å². The predicted octanol–water partition coefficient (Wildman–Crippen LogP) is 6.13. The molecule has 0 radical (unpaired) electrons. The lowest BCUT2D eigenvalue weighted by Crippen LogP contribution is -2.16. The third-order valence-corrected chi connectivity index (χ3v) is 7.48. The molecule has 1 aliphatic heterocycles. The molecular weight excluding hydrogens is 456 g/mol. The van der Waals surface area contributed by atoms with Gasteiger partial charge < -0.3 is 9.47 Å². The lowest BCUT2D eigenvalue weighted by Gasteiger charge is -2.15. The molecular formula is C28H26N4O2S. The van der Waals surface area contributed by atoms with Crippen LogP contribution in [0.4, 0.5) is 0 Å². The summed E-state index contributed by atoms with van der Waals surface area (Å²) < 4.78 is 13.5. The van der Waals surface area contributed by atoms with E-state index in [-0.39, 0.29) is 6.10 Å². The van der Waals surface area contributed by atoms with Crippen LogP contribution in [0.2, 0.25) is 0 Å². The third-order valence-electron chi connectivity index (χ3n) is 6.50. The number of ether oxygens (including phenoxy) is 2. The van der Waals surface area contributed by atoms with Crippen molar-refractivity contribution < 1.29 is 9.47 Å². The molecule has 0 amide bonds. The van der Waals surface area contributed by atoms with Gasteiger partial charge in [0.25, 0.3) is 0 Å². The first-order chi connectivity index (χ1) is 17.3. The van der Waals surface area contributed by atoms with Gasteiger partial charge in [0.15, 0.2) is 11.0 Å². The number of nitrogens with zero attached hydrogens (tertiary/aromatic N) is 4. The Balaban J connectivity index is 1.35. The summed E-state index contributed by atoms with van der Waals surface area (Å²) in [5.41, 5.74) is 3.08. The number of thioether (sulfide) groups is 1. The molecule has 1 saturated heterocycles. The fraction of sp³-hybridized carbons (Fsp3) is 0.250. The summed E-state index contributed by atoms with van der Waals surface area (Å²) in [6.45, 7) is 1.56. The molecule has 35 heavy (non-hydrogen) atoms. The molecule has 0 aliphatic carbocycles. The molecule has 5 aromatic rings. The number of hydrogen-bond acceptors (Lipinski definition) is 6. The Kier molecular flexibility index (Phi) is 6.10. The molecule has 1 unspecified atom stereocenters. The largest absolute Gasteiger partial charge is 0.497 e. The smallest absolute Gasteiger partial charge is 0.191 e. The van der Waals surface area contributed by atoms with Crippen molar-refractivity contribution in [2.45, 2.75) is 36.4 Å². The van der Waals surface area contributed by atoms with E-state index < -0.39 is 0 Å². The molecule has 7 heteroatoms. The van der Waals surface area contributed by atoms with Crippen LogP contribution in [-0.4, -0.2) is 39.6 Å². The SMILES string of the molecule is COc1ccc(-c2nnc(SCc3nc4ccccc4c4ccccc34)n2CC2CCCO2)cc1. The van der Waals surface area contributed by atoms with Gasteiger partial charge in [0, 0.05) is 28.7 Å². The Labute approximate surface area is 208 Å². The van der Waals surface area contributed by atoms with E-state index >= 15 is 0 Å². The standard InChI is InChI=1S/C28H26N4O2S/c1-33-20-14-12-19(13-15-20)27-30-31-28(32(27)17-21-7-6-16-34-21)35-18-26-24-10-3-2-8-22(24)23-9-4-5-11-25(23)29-26/h2-5,8-15,21H,6-7,16-18H2,1H3. The quantitative estimate of drug-likeness (QED) is 0.206. The van der Waals surface area contributed by atoms with Gasteiger partial charge in [0.2, 0.25) is 0 Å². The van der Waals surface area contributed by atoms with Crippen LogP contribution in [0.5, 0.6) is 5.75 Å². The summed E-state index contributed by atoms with van der Waals surface area (Å²) in [6, 6.07) is 24.8. The van der Waals surface area contributed by atoms with E-state index in [4.69, 9.17) is 14.5 Å². The summed E-state index contributed by atoms with van der Waals surface area (Å²) in [4.78, 5) is 5.02. The lowest BCUT2D eigenvalue weighted by molar-refractivity contribution is 0.0953. The van der Waals surface area contributed by atoms with E-state index in [1.165, 1.54) is 16.2 Å². The monoisotopic (exact) mass is 482 g/mol. The molecule has 0 saturated carbocycles.